The predicted octanol–water partition coefficient (Wildman–Crippen LogP) is -1.04. The van der Waals surface area contributed by atoms with Gasteiger partial charge in [-0.15, -0.1) is 0 Å². The van der Waals surface area contributed by atoms with Gasteiger partial charge in [-0.25, -0.2) is 4.39 Å². The fraction of sp³-hybridized carbons (Fsp3) is 0.593. The van der Waals surface area contributed by atoms with Crippen LogP contribution in [0.4, 0.5) is 4.39 Å². The van der Waals surface area contributed by atoms with Crippen LogP contribution in [-0.2, 0) is 9.36 Å². The van der Waals surface area contributed by atoms with Crippen molar-refractivity contribution in [2.75, 3.05) is 6.16 Å². The molecule has 1 aliphatic carbocycles. The van der Waals surface area contributed by atoms with Gasteiger partial charge in [0.2, 0.25) is 0 Å². The van der Waals surface area contributed by atoms with E-state index in [4.69, 9.17) is 0 Å². The van der Waals surface area contributed by atoms with E-state index in [1.807, 2.05) is 6.07 Å². The number of carboxylic acids is 1. The number of aliphatic hydroxyl groups excluding tert-OH is 1. The smallest absolute Gasteiger partial charge is 0.796 e. The quantitative estimate of drug-likeness (QED) is 0.305. The summed E-state index contributed by atoms with van der Waals surface area (Å²) >= 11 is 0. The van der Waals surface area contributed by atoms with E-state index in [9.17, 15) is 28.9 Å². The Morgan fingerprint density at radius 3 is 2.22 bits per heavy atom. The third kappa shape index (κ3) is 8.48. The number of aryl methyl sites for hydroxylation is 1. The molecule has 0 spiro atoms. The minimum atomic E-state index is -4.20. The molecule has 0 fully saturated rings. The average molecular weight is 506 g/mol. The SMILES string of the molecule is CCC1(CC)CC(c2ccc(F)c(C)c2)=C(C=CP(=O)([O-])C[C@H](O)CC(=O)[O-])C(CC)(CC)C1.[Li+].[Li+]. The summed E-state index contributed by atoms with van der Waals surface area (Å²) in [7, 11) is -4.20. The van der Waals surface area contributed by atoms with Crippen LogP contribution >= 0.6 is 7.37 Å². The van der Waals surface area contributed by atoms with Gasteiger partial charge >= 0.3 is 37.7 Å². The van der Waals surface area contributed by atoms with Gasteiger partial charge in [-0.3, -0.25) is 0 Å². The maximum absolute atomic E-state index is 14.1. The van der Waals surface area contributed by atoms with Crippen molar-refractivity contribution >= 4 is 18.9 Å². The van der Waals surface area contributed by atoms with Crippen LogP contribution in [0.5, 0.6) is 0 Å². The first-order valence-corrected chi connectivity index (χ1v) is 14.1. The fourth-order valence-corrected chi connectivity index (χ4v) is 6.68. The molecule has 0 radical (unpaired) electrons. The number of hydrogen-bond acceptors (Lipinski definition) is 5. The molecular weight excluding hydrogens is 468 g/mol. The first kappa shape index (κ1) is 35.4. The normalized spacial score (nSPS) is 19.2. The van der Waals surface area contributed by atoms with Crippen LogP contribution < -0.4 is 47.7 Å². The van der Waals surface area contributed by atoms with Crippen LogP contribution in [0.15, 0.2) is 35.7 Å². The summed E-state index contributed by atoms with van der Waals surface area (Å²) < 4.78 is 26.8. The molecule has 1 N–H and O–H groups in total. The number of hydrogen-bond donors (Lipinski definition) is 1. The molecule has 2 rings (SSSR count). The second-order valence-corrected chi connectivity index (χ2v) is 12.0. The number of aliphatic hydroxyl groups is 1. The van der Waals surface area contributed by atoms with Crippen molar-refractivity contribution in [1.29, 1.82) is 0 Å². The number of carbonyl (C=O) groups is 1. The van der Waals surface area contributed by atoms with Crippen molar-refractivity contribution in [3.8, 4) is 0 Å². The molecule has 0 heterocycles. The summed E-state index contributed by atoms with van der Waals surface area (Å²) in [6, 6.07) is 5.06. The van der Waals surface area contributed by atoms with Gasteiger partial charge < -0.3 is 24.5 Å². The maximum atomic E-state index is 14.1. The molecule has 0 saturated carbocycles. The summed E-state index contributed by atoms with van der Waals surface area (Å²) in [6.45, 7) is 10.3. The van der Waals surface area contributed by atoms with Gasteiger partial charge in [0.1, 0.15) is 5.82 Å². The van der Waals surface area contributed by atoms with Gasteiger partial charge in [0.05, 0.1) is 6.10 Å². The summed E-state index contributed by atoms with van der Waals surface area (Å²) in [5, 5.41) is 20.5. The Kier molecular flexibility index (Phi) is 14.3. The van der Waals surface area contributed by atoms with Crippen LogP contribution in [0.3, 0.4) is 0 Å². The molecule has 1 unspecified atom stereocenters. The summed E-state index contributed by atoms with van der Waals surface area (Å²) in [4.78, 5) is 23.4. The molecule has 1 aromatic rings. The number of rotatable bonds is 11. The maximum Gasteiger partial charge on any atom is 1.00 e. The van der Waals surface area contributed by atoms with Crippen molar-refractivity contribution in [2.45, 2.75) is 85.7 Å². The number of aliphatic carboxylic acids is 1. The van der Waals surface area contributed by atoms with Gasteiger partial charge in [0, 0.05) is 25.9 Å². The molecule has 0 aliphatic heterocycles. The summed E-state index contributed by atoms with van der Waals surface area (Å²) in [5.74, 6) is -0.646. The van der Waals surface area contributed by atoms with Crippen molar-refractivity contribution < 1.29 is 66.6 Å². The van der Waals surface area contributed by atoms with Crippen molar-refractivity contribution in [1.82, 2.24) is 0 Å². The van der Waals surface area contributed by atoms with Gasteiger partial charge in [-0.05, 0) is 83.7 Å². The molecule has 9 heteroatoms. The van der Waals surface area contributed by atoms with Crippen LogP contribution in [0, 0.1) is 23.6 Å². The number of halogens is 1. The van der Waals surface area contributed by atoms with E-state index in [0.717, 1.165) is 61.1 Å². The second-order valence-electron chi connectivity index (χ2n) is 9.86. The van der Waals surface area contributed by atoms with E-state index in [2.05, 4.69) is 27.7 Å². The zero-order chi connectivity index (χ0) is 25.7. The Morgan fingerprint density at radius 2 is 1.75 bits per heavy atom. The van der Waals surface area contributed by atoms with Crippen molar-refractivity contribution in [2.24, 2.45) is 10.8 Å². The number of carboxylic acid groups (broad SMARTS) is 1. The molecular formula is C27H38FLi2O5P. The van der Waals surface area contributed by atoms with E-state index in [0.29, 0.717) is 5.56 Å². The van der Waals surface area contributed by atoms with Crippen LogP contribution in [0.1, 0.15) is 83.8 Å². The molecule has 5 nitrogen and oxygen atoms in total. The minimum Gasteiger partial charge on any atom is -0.796 e. The zero-order valence-corrected chi connectivity index (χ0v) is 23.9. The monoisotopic (exact) mass is 506 g/mol. The predicted molar refractivity (Wildman–Crippen MR) is 131 cm³/mol. The van der Waals surface area contributed by atoms with Crippen molar-refractivity contribution in [3.05, 3.63) is 52.6 Å². The molecule has 0 amide bonds. The largest absolute Gasteiger partial charge is 1.00 e. The molecule has 1 aliphatic rings. The van der Waals surface area contributed by atoms with Crippen LogP contribution in [-0.4, -0.2) is 23.3 Å². The minimum absolute atomic E-state index is 0. The third-order valence-electron chi connectivity index (χ3n) is 7.86. The summed E-state index contributed by atoms with van der Waals surface area (Å²) in [5.41, 5.74) is 3.22. The number of allylic oxidation sites excluding steroid dienone is 3. The molecule has 2 atom stereocenters. The first-order chi connectivity index (χ1) is 15.9. The molecule has 36 heavy (non-hydrogen) atoms. The standard InChI is InChI=1S/C27H40FO5P.2Li/c1-6-26(7-2)16-22(20-10-11-24(28)19(5)14-20)23(27(8-3,9-4)18-26)12-13-34(32,33)17-21(29)15-25(30)31;;/h10-14,21,29H,6-9,15-18H2,1-5H3,(H,30,31)(H,32,33);;/q;2*+1/p-2/t21-;;/m1../s1. The topological polar surface area (TPSA) is 100 Å². The Bertz CT molecular complexity index is 1000. The van der Waals surface area contributed by atoms with E-state index in [1.165, 1.54) is 6.07 Å². The van der Waals surface area contributed by atoms with Crippen molar-refractivity contribution in [3.63, 3.8) is 0 Å². The Hall–Kier alpha value is -0.555. The zero-order valence-electron chi connectivity index (χ0n) is 23.0. The van der Waals surface area contributed by atoms with Crippen LogP contribution in [0.25, 0.3) is 5.57 Å². The number of benzene rings is 1. The molecule has 0 aromatic heterocycles. The van der Waals surface area contributed by atoms with Gasteiger partial charge in [0.15, 0.2) is 0 Å². The van der Waals surface area contributed by atoms with Gasteiger partial charge in [0.25, 0.3) is 0 Å². The molecule has 190 valence electrons. The van der Waals surface area contributed by atoms with Crippen LogP contribution in [0.2, 0.25) is 0 Å². The third-order valence-corrected chi connectivity index (χ3v) is 9.39. The molecule has 0 saturated heterocycles. The van der Waals surface area contributed by atoms with E-state index >= 15 is 0 Å². The molecule has 0 bridgehead atoms. The Balaban J connectivity index is 0.00000612. The first-order valence-electron chi connectivity index (χ1n) is 12.2. The number of carbonyl (C=O) groups excluding carboxylic acids is 1. The van der Waals surface area contributed by atoms with E-state index < -0.39 is 32.0 Å². The van der Waals surface area contributed by atoms with E-state index in [1.54, 1.807) is 19.1 Å². The van der Waals surface area contributed by atoms with Gasteiger partial charge in [-0.1, -0.05) is 52.7 Å². The van der Waals surface area contributed by atoms with E-state index in [-0.39, 0.29) is 54.4 Å². The fourth-order valence-electron chi connectivity index (χ4n) is 5.46. The molecule has 1 aromatic carbocycles. The Morgan fingerprint density at radius 1 is 1.17 bits per heavy atom. The average Bonchev–Trinajstić information content (AvgIpc) is 2.78. The van der Waals surface area contributed by atoms with Gasteiger partial charge in [-0.2, -0.15) is 0 Å². The second kappa shape index (κ2) is 14.6. The Labute approximate surface area is 239 Å². The summed E-state index contributed by atoms with van der Waals surface area (Å²) in [6.07, 6.45) is 4.06.